The van der Waals surface area contributed by atoms with Crippen LogP contribution < -0.4 is 15.8 Å². The summed E-state index contributed by atoms with van der Waals surface area (Å²) in [6.07, 6.45) is 1.56. The molecule has 1 aliphatic rings. The van der Waals surface area contributed by atoms with E-state index in [0.717, 1.165) is 24.3 Å². The van der Waals surface area contributed by atoms with Gasteiger partial charge in [0.1, 0.15) is 5.75 Å². The van der Waals surface area contributed by atoms with Gasteiger partial charge in [-0.2, -0.15) is 0 Å². The Balaban J connectivity index is 1.50. The number of nitrogens with two attached hydrogens (primary N) is 1. The van der Waals surface area contributed by atoms with Gasteiger partial charge >= 0.3 is 0 Å². The zero-order chi connectivity index (χ0) is 19.2. The van der Waals surface area contributed by atoms with Crippen molar-refractivity contribution in [3.05, 3.63) is 24.3 Å². The maximum atomic E-state index is 12.4. The maximum absolute atomic E-state index is 12.4. The van der Waals surface area contributed by atoms with E-state index in [-0.39, 0.29) is 23.5 Å². The SMILES string of the molecule is COc1ccc(Nc2nnc(SCC(=O)N3CCC[C@H](C(N)=O)C3)s2)cc1. The van der Waals surface area contributed by atoms with Gasteiger partial charge in [-0.15, -0.1) is 10.2 Å². The van der Waals surface area contributed by atoms with Crippen LogP contribution in [0.4, 0.5) is 10.8 Å². The number of ether oxygens (including phenoxy) is 1. The molecule has 1 atom stereocenters. The van der Waals surface area contributed by atoms with Gasteiger partial charge in [-0.1, -0.05) is 23.1 Å². The van der Waals surface area contributed by atoms with Crippen molar-refractivity contribution < 1.29 is 14.3 Å². The fourth-order valence-electron chi connectivity index (χ4n) is 2.77. The topological polar surface area (TPSA) is 110 Å². The molecule has 0 spiro atoms. The van der Waals surface area contributed by atoms with Gasteiger partial charge in [0.05, 0.1) is 18.8 Å². The lowest BCUT2D eigenvalue weighted by Gasteiger charge is -2.31. The molecule has 1 fully saturated rings. The van der Waals surface area contributed by atoms with Crippen LogP contribution in [-0.2, 0) is 9.59 Å². The Morgan fingerprint density at radius 3 is 2.85 bits per heavy atom. The third-order valence-corrected chi connectivity index (χ3v) is 6.20. The smallest absolute Gasteiger partial charge is 0.233 e. The molecule has 0 radical (unpaired) electrons. The number of likely N-dealkylation sites (tertiary alicyclic amines) is 1. The van der Waals surface area contributed by atoms with Gasteiger partial charge in [-0.25, -0.2) is 0 Å². The average Bonchev–Trinajstić information content (AvgIpc) is 3.14. The molecule has 0 unspecified atom stereocenters. The van der Waals surface area contributed by atoms with Crippen molar-refractivity contribution >= 4 is 45.7 Å². The highest BCUT2D eigenvalue weighted by atomic mass is 32.2. The molecule has 2 amide bonds. The van der Waals surface area contributed by atoms with Crippen LogP contribution in [0.3, 0.4) is 0 Å². The van der Waals surface area contributed by atoms with Gasteiger partial charge in [0.15, 0.2) is 4.34 Å². The summed E-state index contributed by atoms with van der Waals surface area (Å²) in [7, 11) is 1.62. The zero-order valence-corrected chi connectivity index (χ0v) is 16.5. The molecule has 0 saturated carbocycles. The molecule has 0 bridgehead atoms. The fraction of sp³-hybridized carbons (Fsp3) is 0.412. The molecular weight excluding hydrogens is 386 g/mol. The standard InChI is InChI=1S/C17H21N5O3S2/c1-25-13-6-4-12(5-7-13)19-16-20-21-17(27-16)26-10-14(23)22-8-2-3-11(9-22)15(18)24/h4-7,11H,2-3,8-10H2,1H3,(H2,18,24)(H,19,20)/t11-/m0/s1. The zero-order valence-electron chi connectivity index (χ0n) is 14.9. The van der Waals surface area contributed by atoms with Gasteiger partial charge < -0.3 is 20.7 Å². The number of rotatable bonds is 7. The number of hydrogen-bond donors (Lipinski definition) is 2. The summed E-state index contributed by atoms with van der Waals surface area (Å²) in [5, 5.41) is 12.0. The average molecular weight is 408 g/mol. The van der Waals surface area contributed by atoms with Crippen molar-refractivity contribution in [3.63, 3.8) is 0 Å². The molecule has 1 aromatic heterocycles. The van der Waals surface area contributed by atoms with E-state index in [4.69, 9.17) is 10.5 Å². The highest BCUT2D eigenvalue weighted by molar-refractivity contribution is 8.01. The predicted octanol–water partition coefficient (Wildman–Crippen LogP) is 2.11. The van der Waals surface area contributed by atoms with Crippen molar-refractivity contribution in [3.8, 4) is 5.75 Å². The third-order valence-electron chi connectivity index (χ3n) is 4.24. The number of amides is 2. The molecule has 3 N–H and O–H groups in total. The van der Waals surface area contributed by atoms with E-state index in [9.17, 15) is 9.59 Å². The van der Waals surface area contributed by atoms with E-state index < -0.39 is 0 Å². The third kappa shape index (κ3) is 5.33. The van der Waals surface area contributed by atoms with Crippen LogP contribution in [0.1, 0.15) is 12.8 Å². The van der Waals surface area contributed by atoms with Crippen LogP contribution in [-0.4, -0.2) is 52.9 Å². The van der Waals surface area contributed by atoms with E-state index in [2.05, 4.69) is 15.5 Å². The first-order valence-corrected chi connectivity index (χ1v) is 10.3. The van der Waals surface area contributed by atoms with Crippen LogP contribution in [0.25, 0.3) is 0 Å². The Morgan fingerprint density at radius 1 is 1.37 bits per heavy atom. The molecule has 1 aromatic carbocycles. The van der Waals surface area contributed by atoms with Crippen molar-refractivity contribution in [2.45, 2.75) is 17.2 Å². The fourth-order valence-corrected chi connectivity index (χ4v) is 4.44. The van der Waals surface area contributed by atoms with Crippen molar-refractivity contribution in [1.29, 1.82) is 0 Å². The first kappa shape index (κ1) is 19.4. The number of thioether (sulfide) groups is 1. The van der Waals surface area contributed by atoms with Crippen LogP contribution in [0.5, 0.6) is 5.75 Å². The summed E-state index contributed by atoms with van der Waals surface area (Å²) >= 11 is 2.73. The summed E-state index contributed by atoms with van der Waals surface area (Å²) in [5.41, 5.74) is 6.24. The van der Waals surface area contributed by atoms with E-state index in [0.29, 0.717) is 22.6 Å². The summed E-state index contributed by atoms with van der Waals surface area (Å²) in [6.45, 7) is 1.08. The molecule has 1 saturated heterocycles. The molecule has 10 heteroatoms. The number of carbonyl (C=O) groups is 2. The number of benzene rings is 1. The highest BCUT2D eigenvalue weighted by Gasteiger charge is 2.27. The highest BCUT2D eigenvalue weighted by Crippen LogP contribution is 2.29. The summed E-state index contributed by atoms with van der Waals surface area (Å²) < 4.78 is 5.84. The number of hydrogen-bond acceptors (Lipinski definition) is 8. The van der Waals surface area contributed by atoms with Crippen molar-refractivity contribution in [2.24, 2.45) is 11.7 Å². The number of anilines is 2. The molecule has 144 valence electrons. The molecule has 2 aromatic rings. The van der Waals surface area contributed by atoms with E-state index in [1.165, 1.54) is 23.1 Å². The van der Waals surface area contributed by atoms with Crippen LogP contribution in [0.15, 0.2) is 28.6 Å². The second kappa shape index (κ2) is 9.05. The lowest BCUT2D eigenvalue weighted by atomic mass is 9.97. The summed E-state index contributed by atoms with van der Waals surface area (Å²) in [4.78, 5) is 25.4. The monoisotopic (exact) mass is 407 g/mol. The van der Waals surface area contributed by atoms with Crippen molar-refractivity contribution in [2.75, 3.05) is 31.3 Å². The molecule has 1 aliphatic heterocycles. The molecule has 8 nitrogen and oxygen atoms in total. The minimum absolute atomic E-state index is 0.00851. The first-order valence-electron chi connectivity index (χ1n) is 8.49. The van der Waals surface area contributed by atoms with Gasteiger partial charge in [0, 0.05) is 18.8 Å². The Kier molecular flexibility index (Phi) is 6.51. The molecule has 0 aliphatic carbocycles. The summed E-state index contributed by atoms with van der Waals surface area (Å²) in [6, 6.07) is 7.50. The van der Waals surface area contributed by atoms with Crippen LogP contribution in [0.2, 0.25) is 0 Å². The van der Waals surface area contributed by atoms with Gasteiger partial charge in [0.25, 0.3) is 0 Å². The second-order valence-corrected chi connectivity index (χ2v) is 8.30. The number of nitrogens with one attached hydrogen (secondary N) is 1. The van der Waals surface area contributed by atoms with Gasteiger partial charge in [0.2, 0.25) is 16.9 Å². The molecule has 3 rings (SSSR count). The van der Waals surface area contributed by atoms with Gasteiger partial charge in [-0.05, 0) is 37.1 Å². The summed E-state index contributed by atoms with van der Waals surface area (Å²) in [5.74, 6) is 0.463. The number of piperidine rings is 1. The Labute approximate surface area is 165 Å². The quantitative estimate of drug-likeness (QED) is 0.676. The van der Waals surface area contributed by atoms with E-state index >= 15 is 0 Å². The second-order valence-electron chi connectivity index (χ2n) is 6.10. The minimum atomic E-state index is -0.335. The van der Waals surface area contributed by atoms with Crippen molar-refractivity contribution in [1.82, 2.24) is 15.1 Å². The normalized spacial score (nSPS) is 16.8. The number of nitrogens with zero attached hydrogens (tertiary/aromatic N) is 3. The van der Waals surface area contributed by atoms with E-state index in [1.54, 1.807) is 12.0 Å². The lowest BCUT2D eigenvalue weighted by Crippen LogP contribution is -2.44. The molecule has 2 heterocycles. The van der Waals surface area contributed by atoms with E-state index in [1.807, 2.05) is 24.3 Å². The van der Waals surface area contributed by atoms with Crippen LogP contribution in [0, 0.1) is 5.92 Å². The Morgan fingerprint density at radius 2 is 2.15 bits per heavy atom. The Bertz CT molecular complexity index is 796. The number of carbonyl (C=O) groups excluding carboxylic acids is 2. The number of primary amides is 1. The number of aromatic nitrogens is 2. The van der Waals surface area contributed by atoms with Crippen LogP contribution >= 0.6 is 23.1 Å². The predicted molar refractivity (Wildman–Crippen MR) is 105 cm³/mol. The van der Waals surface area contributed by atoms with Gasteiger partial charge in [-0.3, -0.25) is 9.59 Å². The Hall–Kier alpha value is -2.33. The lowest BCUT2D eigenvalue weighted by molar-refractivity contribution is -0.132. The largest absolute Gasteiger partial charge is 0.497 e. The number of methoxy groups -OCH3 is 1. The first-order chi connectivity index (χ1) is 13.0. The molecular formula is C17H21N5O3S2. The minimum Gasteiger partial charge on any atom is -0.497 e. The maximum Gasteiger partial charge on any atom is 0.233 e. The molecule has 27 heavy (non-hydrogen) atoms.